The third-order valence-corrected chi connectivity index (χ3v) is 2.99. The Morgan fingerprint density at radius 3 is 2.65 bits per heavy atom. The van der Waals surface area contributed by atoms with Gasteiger partial charge in [0.05, 0.1) is 0 Å². The minimum absolute atomic E-state index is 0.313. The van der Waals surface area contributed by atoms with Gasteiger partial charge in [0.1, 0.15) is 6.04 Å². The Kier molecular flexibility index (Phi) is 4.31. The molecule has 0 aliphatic heterocycles. The van der Waals surface area contributed by atoms with E-state index in [4.69, 9.17) is 5.11 Å². The fourth-order valence-corrected chi connectivity index (χ4v) is 2.09. The summed E-state index contributed by atoms with van der Waals surface area (Å²) in [5, 5.41) is 11.3. The molecule has 1 unspecified atom stereocenters. The Morgan fingerprint density at radius 1 is 1.59 bits per heavy atom. The van der Waals surface area contributed by atoms with Crippen molar-refractivity contribution in [1.29, 1.82) is 0 Å². The Bertz CT molecular complexity index is 424. The average molecular weight is 238 g/mol. The van der Waals surface area contributed by atoms with Gasteiger partial charge >= 0.3 is 5.97 Å². The van der Waals surface area contributed by atoms with Gasteiger partial charge in [-0.25, -0.2) is 4.79 Å². The third-order valence-electron chi connectivity index (χ3n) is 2.99. The first kappa shape index (κ1) is 13.3. The molecule has 0 bridgehead atoms. The highest BCUT2D eigenvalue weighted by atomic mass is 16.4. The molecular formula is C12H18N2O3. The quantitative estimate of drug-likeness (QED) is 0.722. The van der Waals surface area contributed by atoms with Crippen molar-refractivity contribution >= 4 is 12.4 Å². The van der Waals surface area contributed by atoms with E-state index in [2.05, 4.69) is 9.88 Å². The van der Waals surface area contributed by atoms with Crippen LogP contribution in [0.2, 0.25) is 0 Å². The summed E-state index contributed by atoms with van der Waals surface area (Å²) in [6, 6.07) is 1.11. The molecule has 1 aromatic rings. The molecule has 5 heteroatoms. The molecule has 0 fully saturated rings. The van der Waals surface area contributed by atoms with Gasteiger partial charge in [-0.3, -0.25) is 4.79 Å². The average Bonchev–Trinajstić information content (AvgIpc) is 2.53. The number of hydrogen-bond donors (Lipinski definition) is 2. The molecule has 1 atom stereocenters. The van der Waals surface area contributed by atoms with Crippen LogP contribution in [0.25, 0.3) is 0 Å². The van der Waals surface area contributed by atoms with Gasteiger partial charge in [0.15, 0.2) is 0 Å². The number of aliphatic carboxylic acids is 1. The lowest BCUT2D eigenvalue weighted by molar-refractivity contribution is -0.140. The minimum Gasteiger partial charge on any atom is -0.480 e. The number of aryl methyl sites for hydroxylation is 1. The number of nitrogens with one attached hydrogen (secondary N) is 1. The van der Waals surface area contributed by atoms with Crippen molar-refractivity contribution in [3.05, 3.63) is 23.0 Å². The number of carboxylic acid groups (broad SMARTS) is 1. The second-order valence-electron chi connectivity index (χ2n) is 4.02. The number of carbonyl (C=O) groups excluding carboxylic acids is 1. The molecule has 1 rings (SSSR count). The van der Waals surface area contributed by atoms with E-state index < -0.39 is 12.0 Å². The van der Waals surface area contributed by atoms with E-state index >= 15 is 0 Å². The van der Waals surface area contributed by atoms with Crippen LogP contribution in [-0.4, -0.2) is 28.1 Å². The Labute approximate surface area is 100 Å². The van der Waals surface area contributed by atoms with Crippen LogP contribution in [0.4, 0.5) is 0 Å². The molecule has 1 amide bonds. The number of aromatic nitrogens is 1. The normalized spacial score (nSPS) is 12.2. The van der Waals surface area contributed by atoms with Crippen molar-refractivity contribution in [3.63, 3.8) is 0 Å². The van der Waals surface area contributed by atoms with E-state index in [0.29, 0.717) is 12.8 Å². The molecule has 0 saturated heterocycles. The van der Waals surface area contributed by atoms with Crippen molar-refractivity contribution in [3.8, 4) is 0 Å². The number of carboxylic acids is 1. The number of nitrogens with zero attached hydrogens (tertiary/aromatic N) is 1. The SMILES string of the molecule is CCn1c(C)cc(CC(NC=O)C(=O)O)c1C. The molecule has 1 aromatic heterocycles. The number of amides is 1. The van der Waals surface area contributed by atoms with E-state index in [1.165, 1.54) is 0 Å². The second-order valence-corrected chi connectivity index (χ2v) is 4.02. The monoisotopic (exact) mass is 238 g/mol. The standard InChI is InChI=1S/C12H18N2O3/c1-4-14-8(2)5-10(9(14)3)6-11(12(16)17)13-7-15/h5,7,11H,4,6H2,1-3H3,(H,13,15)(H,16,17). The number of carbonyl (C=O) groups is 2. The van der Waals surface area contributed by atoms with Crippen molar-refractivity contribution < 1.29 is 14.7 Å². The summed E-state index contributed by atoms with van der Waals surface area (Å²) < 4.78 is 2.12. The van der Waals surface area contributed by atoms with Gasteiger partial charge in [-0.1, -0.05) is 0 Å². The second kappa shape index (κ2) is 5.52. The molecule has 94 valence electrons. The van der Waals surface area contributed by atoms with E-state index in [1.807, 2.05) is 26.8 Å². The van der Waals surface area contributed by atoms with E-state index in [9.17, 15) is 9.59 Å². The van der Waals surface area contributed by atoms with Crippen LogP contribution >= 0.6 is 0 Å². The van der Waals surface area contributed by atoms with Crippen molar-refractivity contribution in [2.45, 2.75) is 39.8 Å². The molecule has 2 N–H and O–H groups in total. The molecule has 0 radical (unpaired) electrons. The van der Waals surface area contributed by atoms with Gasteiger partial charge in [-0.15, -0.1) is 0 Å². The fraction of sp³-hybridized carbons (Fsp3) is 0.500. The maximum atomic E-state index is 10.9. The number of rotatable bonds is 6. The Morgan fingerprint density at radius 2 is 2.24 bits per heavy atom. The van der Waals surface area contributed by atoms with Crippen LogP contribution in [0.1, 0.15) is 23.9 Å². The zero-order valence-electron chi connectivity index (χ0n) is 10.4. The lowest BCUT2D eigenvalue weighted by Crippen LogP contribution is -2.37. The zero-order chi connectivity index (χ0) is 13.0. The van der Waals surface area contributed by atoms with Gasteiger partial charge in [-0.05, 0) is 32.4 Å². The maximum absolute atomic E-state index is 10.9. The largest absolute Gasteiger partial charge is 0.480 e. The van der Waals surface area contributed by atoms with Crippen LogP contribution in [0.3, 0.4) is 0 Å². The summed E-state index contributed by atoms with van der Waals surface area (Å²) in [5.41, 5.74) is 3.13. The van der Waals surface area contributed by atoms with Gasteiger partial charge in [0.2, 0.25) is 6.41 Å². The number of hydrogen-bond acceptors (Lipinski definition) is 2. The molecular weight excluding hydrogens is 220 g/mol. The molecule has 0 saturated carbocycles. The smallest absolute Gasteiger partial charge is 0.326 e. The molecule has 0 aliphatic rings. The van der Waals surface area contributed by atoms with Gasteiger partial charge < -0.3 is 15.0 Å². The van der Waals surface area contributed by atoms with Gasteiger partial charge in [0, 0.05) is 24.4 Å². The van der Waals surface area contributed by atoms with Gasteiger partial charge in [-0.2, -0.15) is 0 Å². The molecule has 5 nitrogen and oxygen atoms in total. The molecule has 17 heavy (non-hydrogen) atoms. The highest BCUT2D eigenvalue weighted by Gasteiger charge is 2.19. The summed E-state index contributed by atoms with van der Waals surface area (Å²) >= 11 is 0. The topological polar surface area (TPSA) is 71.3 Å². The van der Waals surface area contributed by atoms with Crippen LogP contribution < -0.4 is 5.32 Å². The Balaban J connectivity index is 2.93. The minimum atomic E-state index is -1.02. The predicted molar refractivity (Wildman–Crippen MR) is 63.9 cm³/mol. The predicted octanol–water partition coefficient (Wildman–Crippen LogP) is 0.867. The van der Waals surface area contributed by atoms with Crippen molar-refractivity contribution in [1.82, 2.24) is 9.88 Å². The first-order valence-corrected chi connectivity index (χ1v) is 5.59. The van der Waals surface area contributed by atoms with Crippen LogP contribution in [0.15, 0.2) is 6.07 Å². The molecule has 0 spiro atoms. The summed E-state index contributed by atoms with van der Waals surface area (Å²) in [4.78, 5) is 21.3. The zero-order valence-corrected chi connectivity index (χ0v) is 10.4. The molecule has 0 aromatic carbocycles. The van der Waals surface area contributed by atoms with E-state index in [1.54, 1.807) is 0 Å². The molecule has 1 heterocycles. The Hall–Kier alpha value is -1.78. The third kappa shape index (κ3) is 2.87. The van der Waals surface area contributed by atoms with Crippen LogP contribution in [0.5, 0.6) is 0 Å². The van der Waals surface area contributed by atoms with Crippen molar-refractivity contribution in [2.75, 3.05) is 0 Å². The lowest BCUT2D eigenvalue weighted by Gasteiger charge is -2.11. The molecule has 0 aliphatic carbocycles. The lowest BCUT2D eigenvalue weighted by atomic mass is 10.1. The van der Waals surface area contributed by atoms with E-state index in [-0.39, 0.29) is 0 Å². The summed E-state index contributed by atoms with van der Waals surface area (Å²) in [5.74, 6) is -1.02. The maximum Gasteiger partial charge on any atom is 0.326 e. The van der Waals surface area contributed by atoms with Gasteiger partial charge in [0.25, 0.3) is 0 Å². The highest BCUT2D eigenvalue weighted by Crippen LogP contribution is 2.16. The highest BCUT2D eigenvalue weighted by molar-refractivity contribution is 5.76. The summed E-state index contributed by atoms with van der Waals surface area (Å²) in [6.07, 6.45) is 0.742. The summed E-state index contributed by atoms with van der Waals surface area (Å²) in [7, 11) is 0. The first-order valence-electron chi connectivity index (χ1n) is 5.59. The van der Waals surface area contributed by atoms with E-state index in [0.717, 1.165) is 23.5 Å². The van der Waals surface area contributed by atoms with Crippen LogP contribution in [0, 0.1) is 13.8 Å². The summed E-state index contributed by atoms with van der Waals surface area (Å²) in [6.45, 7) is 6.85. The first-order chi connectivity index (χ1) is 8.01. The fourth-order valence-electron chi connectivity index (χ4n) is 2.09. The van der Waals surface area contributed by atoms with Crippen LogP contribution in [-0.2, 0) is 22.6 Å². The van der Waals surface area contributed by atoms with Crippen molar-refractivity contribution in [2.24, 2.45) is 0 Å².